The van der Waals surface area contributed by atoms with Crippen molar-refractivity contribution in [3.63, 3.8) is 0 Å². The topological polar surface area (TPSA) is 109 Å². The number of imide groups is 1. The minimum atomic E-state index is -0.490. The molecule has 5 rings (SSSR count). The van der Waals surface area contributed by atoms with Gasteiger partial charge in [-0.1, -0.05) is 12.1 Å². The van der Waals surface area contributed by atoms with Crippen molar-refractivity contribution in [1.29, 1.82) is 0 Å². The van der Waals surface area contributed by atoms with Crippen LogP contribution in [0.1, 0.15) is 20.7 Å². The highest BCUT2D eigenvalue weighted by Crippen LogP contribution is 2.31. The van der Waals surface area contributed by atoms with Crippen molar-refractivity contribution in [3.05, 3.63) is 83.9 Å². The quantitative estimate of drug-likeness (QED) is 0.514. The van der Waals surface area contributed by atoms with Crippen molar-refractivity contribution in [1.82, 2.24) is 14.9 Å². The Morgan fingerprint density at radius 3 is 1.40 bits per heavy atom. The molecule has 0 aliphatic carbocycles. The lowest BCUT2D eigenvalue weighted by atomic mass is 10.1. The van der Waals surface area contributed by atoms with Crippen molar-refractivity contribution < 1.29 is 19.8 Å². The van der Waals surface area contributed by atoms with E-state index in [-0.39, 0.29) is 23.1 Å². The van der Waals surface area contributed by atoms with E-state index in [1.54, 1.807) is 48.5 Å². The molecule has 1 aliphatic rings. The van der Waals surface area contributed by atoms with Crippen LogP contribution in [0.5, 0.6) is 11.5 Å². The number of fused-ring (bicyclic) bond motifs is 1. The molecular formula is C22H14N4O4. The van der Waals surface area contributed by atoms with Gasteiger partial charge in [0, 0.05) is 11.1 Å². The van der Waals surface area contributed by atoms with Gasteiger partial charge in [-0.25, -0.2) is 4.68 Å². The molecule has 4 aromatic rings. The van der Waals surface area contributed by atoms with Crippen LogP contribution >= 0.6 is 0 Å². The van der Waals surface area contributed by atoms with E-state index in [4.69, 9.17) is 0 Å². The molecule has 8 nitrogen and oxygen atoms in total. The summed E-state index contributed by atoms with van der Waals surface area (Å²) >= 11 is 0. The molecule has 2 amide bonds. The van der Waals surface area contributed by atoms with E-state index in [9.17, 15) is 19.8 Å². The molecule has 2 heterocycles. The van der Waals surface area contributed by atoms with E-state index in [1.807, 2.05) is 0 Å². The molecule has 0 radical (unpaired) electrons. The van der Waals surface area contributed by atoms with Crippen molar-refractivity contribution >= 4 is 11.8 Å². The summed E-state index contributed by atoms with van der Waals surface area (Å²) in [5.74, 6) is -0.320. The zero-order chi connectivity index (χ0) is 20.8. The number of hydrogen-bond donors (Lipinski definition) is 2. The van der Waals surface area contributed by atoms with E-state index >= 15 is 0 Å². The van der Waals surface area contributed by atoms with Gasteiger partial charge >= 0.3 is 0 Å². The van der Waals surface area contributed by atoms with Crippen LogP contribution < -0.4 is 5.01 Å². The number of aromatic hydroxyl groups is 2. The highest BCUT2D eigenvalue weighted by molar-refractivity contribution is 6.30. The smallest absolute Gasteiger partial charge is 0.281 e. The maximum Gasteiger partial charge on any atom is 0.281 e. The number of aromatic nitrogens is 3. The zero-order valence-electron chi connectivity index (χ0n) is 15.4. The average Bonchev–Trinajstić information content (AvgIpc) is 3.29. The fourth-order valence-electron chi connectivity index (χ4n) is 3.41. The Morgan fingerprint density at radius 1 is 0.600 bits per heavy atom. The molecule has 0 spiro atoms. The van der Waals surface area contributed by atoms with Crippen LogP contribution in [-0.2, 0) is 0 Å². The maximum absolute atomic E-state index is 13.1. The molecule has 1 aromatic heterocycles. The molecule has 0 atom stereocenters. The van der Waals surface area contributed by atoms with Gasteiger partial charge in [-0.2, -0.15) is 5.01 Å². The summed E-state index contributed by atoms with van der Waals surface area (Å²) in [6.07, 6.45) is 0. The fraction of sp³-hybridized carbons (Fsp3) is 0. The van der Waals surface area contributed by atoms with E-state index in [2.05, 4.69) is 10.2 Å². The molecule has 0 fully saturated rings. The lowest BCUT2D eigenvalue weighted by Gasteiger charge is -2.19. The zero-order valence-corrected chi connectivity index (χ0v) is 15.4. The SMILES string of the molecule is O=C1c2ccccc2C(=O)N1n1c(-c2ccc(O)cc2)nnc1-c1ccc(O)cc1. The third-order valence-corrected chi connectivity index (χ3v) is 4.86. The number of amides is 2. The van der Waals surface area contributed by atoms with Gasteiger partial charge in [-0.15, -0.1) is 10.2 Å². The number of phenols is 2. The molecular weight excluding hydrogens is 384 g/mol. The first-order chi connectivity index (χ1) is 14.5. The van der Waals surface area contributed by atoms with Crippen molar-refractivity contribution in [2.45, 2.75) is 0 Å². The molecule has 146 valence electrons. The number of carbonyl (C=O) groups is 2. The molecule has 0 saturated carbocycles. The highest BCUT2D eigenvalue weighted by atomic mass is 16.3. The Balaban J connectivity index is 1.74. The van der Waals surface area contributed by atoms with Crippen LogP contribution in [0.3, 0.4) is 0 Å². The minimum absolute atomic E-state index is 0.0734. The van der Waals surface area contributed by atoms with Crippen molar-refractivity contribution in [3.8, 4) is 34.3 Å². The Kier molecular flexibility index (Phi) is 3.85. The second kappa shape index (κ2) is 6.56. The highest BCUT2D eigenvalue weighted by Gasteiger charge is 2.39. The summed E-state index contributed by atoms with van der Waals surface area (Å²) in [5.41, 5.74) is 1.71. The van der Waals surface area contributed by atoms with Gasteiger partial charge in [0.25, 0.3) is 11.8 Å². The lowest BCUT2D eigenvalue weighted by molar-refractivity contribution is 0.0887. The first-order valence-electron chi connectivity index (χ1n) is 9.07. The van der Waals surface area contributed by atoms with Crippen LogP contribution in [-0.4, -0.2) is 36.9 Å². The molecule has 0 bridgehead atoms. The molecule has 0 saturated heterocycles. The standard InChI is InChI=1S/C22H14N4O4/c27-15-9-5-13(6-10-15)19-23-24-20(14-7-11-16(28)12-8-14)25(19)26-21(29)17-3-1-2-4-18(17)22(26)30/h1-12,27-28H. The largest absolute Gasteiger partial charge is 0.508 e. The minimum Gasteiger partial charge on any atom is -0.508 e. The Bertz CT molecular complexity index is 1200. The van der Waals surface area contributed by atoms with Gasteiger partial charge in [-0.3, -0.25) is 9.59 Å². The Hall–Kier alpha value is -4.46. The second-order valence-corrected chi connectivity index (χ2v) is 6.72. The van der Waals surface area contributed by atoms with E-state index in [1.165, 1.54) is 28.9 Å². The summed E-state index contributed by atoms with van der Waals surface area (Å²) in [6, 6.07) is 19.0. The van der Waals surface area contributed by atoms with Crippen LogP contribution in [0.15, 0.2) is 72.8 Å². The van der Waals surface area contributed by atoms with Gasteiger partial charge in [0.1, 0.15) is 11.5 Å². The Labute approximate surface area is 170 Å². The molecule has 1 aliphatic heterocycles. The monoisotopic (exact) mass is 398 g/mol. The van der Waals surface area contributed by atoms with E-state index < -0.39 is 11.8 Å². The first-order valence-corrected chi connectivity index (χ1v) is 9.07. The second-order valence-electron chi connectivity index (χ2n) is 6.72. The van der Waals surface area contributed by atoms with Gasteiger partial charge in [0.2, 0.25) is 0 Å². The molecule has 0 unspecified atom stereocenters. The van der Waals surface area contributed by atoms with Gasteiger partial charge in [0.05, 0.1) is 11.1 Å². The molecule has 3 aromatic carbocycles. The predicted molar refractivity (Wildman–Crippen MR) is 108 cm³/mol. The first kappa shape index (κ1) is 17.6. The normalized spacial score (nSPS) is 13.0. The summed E-state index contributed by atoms with van der Waals surface area (Å²) < 4.78 is 1.36. The molecule has 8 heteroatoms. The van der Waals surface area contributed by atoms with E-state index in [0.29, 0.717) is 22.3 Å². The number of rotatable bonds is 3. The summed E-state index contributed by atoms with van der Waals surface area (Å²) in [4.78, 5) is 26.3. The van der Waals surface area contributed by atoms with Crippen LogP contribution in [0, 0.1) is 0 Å². The van der Waals surface area contributed by atoms with Crippen molar-refractivity contribution in [2.24, 2.45) is 0 Å². The van der Waals surface area contributed by atoms with Crippen LogP contribution in [0.25, 0.3) is 22.8 Å². The third kappa shape index (κ3) is 2.62. The molecule has 2 N–H and O–H groups in total. The van der Waals surface area contributed by atoms with Gasteiger partial charge in [0.15, 0.2) is 11.6 Å². The van der Waals surface area contributed by atoms with Crippen LogP contribution in [0.4, 0.5) is 0 Å². The van der Waals surface area contributed by atoms with Crippen LogP contribution in [0.2, 0.25) is 0 Å². The summed E-state index contributed by atoms with van der Waals surface area (Å²) in [6.45, 7) is 0. The summed E-state index contributed by atoms with van der Waals surface area (Å²) in [7, 11) is 0. The maximum atomic E-state index is 13.1. The average molecular weight is 398 g/mol. The van der Waals surface area contributed by atoms with Gasteiger partial charge in [-0.05, 0) is 60.7 Å². The van der Waals surface area contributed by atoms with Gasteiger partial charge < -0.3 is 10.2 Å². The number of hydrogen-bond acceptors (Lipinski definition) is 6. The Morgan fingerprint density at radius 2 is 1.00 bits per heavy atom. The third-order valence-electron chi connectivity index (χ3n) is 4.86. The number of phenolic OH excluding ortho intramolecular Hbond substituents is 2. The lowest BCUT2D eigenvalue weighted by Crippen LogP contribution is -2.40. The predicted octanol–water partition coefficient (Wildman–Crippen LogP) is 2.96. The fourth-order valence-corrected chi connectivity index (χ4v) is 3.41. The summed E-state index contributed by atoms with van der Waals surface area (Å²) in [5, 5.41) is 28.7. The number of benzene rings is 3. The van der Waals surface area contributed by atoms with E-state index in [0.717, 1.165) is 5.01 Å². The molecule has 30 heavy (non-hydrogen) atoms. The van der Waals surface area contributed by atoms with Crippen molar-refractivity contribution in [2.75, 3.05) is 5.01 Å². The number of nitrogens with zero attached hydrogens (tertiary/aromatic N) is 4. The number of carbonyl (C=O) groups excluding carboxylic acids is 2.